The molecule has 0 radical (unpaired) electrons. The van der Waals surface area contributed by atoms with Crippen LogP contribution in [0.2, 0.25) is 0 Å². The van der Waals surface area contributed by atoms with Crippen molar-refractivity contribution in [3.8, 4) is 0 Å². The summed E-state index contributed by atoms with van der Waals surface area (Å²) in [6.07, 6.45) is 4.03. The molecule has 1 fully saturated rings. The number of amides is 2. The molecule has 0 saturated heterocycles. The van der Waals surface area contributed by atoms with Crippen LogP contribution in [0.1, 0.15) is 32.1 Å². The molecule has 2 amide bonds. The Morgan fingerprint density at radius 2 is 1.95 bits per heavy atom. The predicted octanol–water partition coefficient (Wildman–Crippen LogP) is 1.56. The van der Waals surface area contributed by atoms with Crippen LogP contribution in [-0.2, 0) is 9.53 Å². The maximum absolute atomic E-state index is 11.8. The molecule has 0 aromatic heterocycles. The van der Waals surface area contributed by atoms with Crippen molar-refractivity contribution >= 4 is 12.0 Å². The van der Waals surface area contributed by atoms with Crippen molar-refractivity contribution in [2.45, 2.75) is 32.1 Å². The van der Waals surface area contributed by atoms with Gasteiger partial charge in [-0.1, -0.05) is 0 Å². The predicted molar refractivity (Wildman–Crippen MR) is 75.6 cm³/mol. The largest absolute Gasteiger partial charge is 0.481 e. The monoisotopic (exact) mass is 286 g/mol. The van der Waals surface area contributed by atoms with Crippen molar-refractivity contribution < 1.29 is 19.4 Å². The van der Waals surface area contributed by atoms with Gasteiger partial charge >= 0.3 is 12.0 Å². The molecule has 1 saturated carbocycles. The van der Waals surface area contributed by atoms with Gasteiger partial charge in [0.1, 0.15) is 0 Å². The van der Waals surface area contributed by atoms with E-state index in [9.17, 15) is 9.59 Å². The van der Waals surface area contributed by atoms with Crippen molar-refractivity contribution in [3.63, 3.8) is 0 Å². The van der Waals surface area contributed by atoms with Gasteiger partial charge in [-0.05, 0) is 38.0 Å². The van der Waals surface area contributed by atoms with Crippen LogP contribution in [0.25, 0.3) is 0 Å². The number of nitrogens with zero attached hydrogens (tertiary/aromatic N) is 1. The number of hydrogen-bond acceptors (Lipinski definition) is 3. The highest BCUT2D eigenvalue weighted by Gasteiger charge is 2.26. The summed E-state index contributed by atoms with van der Waals surface area (Å²) < 4.78 is 4.95. The van der Waals surface area contributed by atoms with Crippen LogP contribution in [0.3, 0.4) is 0 Å². The summed E-state index contributed by atoms with van der Waals surface area (Å²) in [5.74, 6) is -0.481. The molecule has 0 spiro atoms. The Morgan fingerprint density at radius 1 is 1.30 bits per heavy atom. The number of rotatable bonds is 7. The summed E-state index contributed by atoms with van der Waals surface area (Å²) >= 11 is 0. The van der Waals surface area contributed by atoms with Gasteiger partial charge in [0.05, 0.1) is 5.92 Å². The van der Waals surface area contributed by atoms with Crippen molar-refractivity contribution in [2.24, 2.45) is 11.8 Å². The van der Waals surface area contributed by atoms with E-state index in [1.165, 1.54) is 0 Å². The Balaban J connectivity index is 2.17. The third-order valence-electron chi connectivity index (χ3n) is 3.93. The number of methoxy groups -OCH3 is 1. The normalized spacial score (nSPS) is 22.3. The Hall–Kier alpha value is -1.30. The van der Waals surface area contributed by atoms with Crippen LogP contribution < -0.4 is 5.32 Å². The number of aliphatic carboxylic acids is 1. The minimum Gasteiger partial charge on any atom is -0.481 e. The molecule has 20 heavy (non-hydrogen) atoms. The highest BCUT2D eigenvalue weighted by atomic mass is 16.5. The van der Waals surface area contributed by atoms with Gasteiger partial charge < -0.3 is 20.1 Å². The Bertz CT molecular complexity index is 314. The molecule has 6 nitrogen and oxygen atoms in total. The number of carbonyl (C=O) groups is 2. The lowest BCUT2D eigenvalue weighted by Crippen LogP contribution is -2.41. The van der Waals surface area contributed by atoms with E-state index in [2.05, 4.69) is 5.32 Å². The molecule has 1 aliphatic carbocycles. The molecule has 1 rings (SSSR count). The van der Waals surface area contributed by atoms with Gasteiger partial charge in [0.15, 0.2) is 0 Å². The number of carboxylic acid groups (broad SMARTS) is 1. The zero-order chi connectivity index (χ0) is 15.0. The average Bonchev–Trinajstić information content (AvgIpc) is 2.45. The first-order valence-corrected chi connectivity index (χ1v) is 7.25. The molecule has 0 aromatic rings. The first-order chi connectivity index (χ1) is 9.54. The highest BCUT2D eigenvalue weighted by molar-refractivity contribution is 5.73. The summed E-state index contributed by atoms with van der Waals surface area (Å²) in [6.45, 7) is 1.96. The number of nitrogens with one attached hydrogen (secondary N) is 1. The minimum absolute atomic E-state index is 0.0681. The van der Waals surface area contributed by atoms with Crippen LogP contribution in [0.15, 0.2) is 0 Å². The molecule has 0 aromatic carbocycles. The average molecular weight is 286 g/mol. The Labute approximate surface area is 120 Å². The van der Waals surface area contributed by atoms with Crippen LogP contribution in [0.5, 0.6) is 0 Å². The molecule has 0 unspecified atom stereocenters. The molecule has 0 bridgehead atoms. The van der Waals surface area contributed by atoms with Gasteiger partial charge in [-0.3, -0.25) is 4.79 Å². The van der Waals surface area contributed by atoms with Crippen LogP contribution in [0, 0.1) is 11.8 Å². The van der Waals surface area contributed by atoms with Crippen molar-refractivity contribution in [1.82, 2.24) is 10.2 Å². The SMILES string of the molecule is COCCCN(C)C(=O)NCC1CCC(C(=O)O)CC1. The van der Waals surface area contributed by atoms with E-state index in [-0.39, 0.29) is 11.9 Å². The van der Waals surface area contributed by atoms with Crippen molar-refractivity contribution in [3.05, 3.63) is 0 Å². The van der Waals surface area contributed by atoms with E-state index in [1.807, 2.05) is 0 Å². The second-order valence-electron chi connectivity index (χ2n) is 5.51. The van der Waals surface area contributed by atoms with Gasteiger partial charge in [-0.15, -0.1) is 0 Å². The number of hydrogen-bond donors (Lipinski definition) is 2. The summed E-state index contributed by atoms with van der Waals surface area (Å²) in [6, 6.07) is -0.0681. The molecular formula is C14H26N2O4. The molecular weight excluding hydrogens is 260 g/mol. The van der Waals surface area contributed by atoms with Gasteiger partial charge in [0.2, 0.25) is 0 Å². The maximum Gasteiger partial charge on any atom is 0.317 e. The summed E-state index contributed by atoms with van der Waals surface area (Å²) in [5.41, 5.74) is 0. The molecule has 0 heterocycles. The summed E-state index contributed by atoms with van der Waals surface area (Å²) in [7, 11) is 3.42. The fourth-order valence-corrected chi connectivity index (χ4v) is 2.53. The van der Waals surface area contributed by atoms with Gasteiger partial charge in [-0.2, -0.15) is 0 Å². The van der Waals surface area contributed by atoms with E-state index >= 15 is 0 Å². The summed E-state index contributed by atoms with van der Waals surface area (Å²) in [4.78, 5) is 24.3. The lowest BCUT2D eigenvalue weighted by Gasteiger charge is -2.27. The Kier molecular flexibility index (Phi) is 7.36. The number of ether oxygens (including phenoxy) is 1. The van der Waals surface area contributed by atoms with E-state index in [0.29, 0.717) is 25.6 Å². The Morgan fingerprint density at radius 3 is 2.50 bits per heavy atom. The van der Waals surface area contributed by atoms with Crippen molar-refractivity contribution in [1.29, 1.82) is 0 Å². The van der Waals surface area contributed by atoms with Gasteiger partial charge in [0.25, 0.3) is 0 Å². The fraction of sp³-hybridized carbons (Fsp3) is 0.857. The van der Waals surface area contributed by atoms with Gasteiger partial charge in [-0.25, -0.2) is 4.79 Å². The second-order valence-corrected chi connectivity index (χ2v) is 5.51. The molecule has 116 valence electrons. The van der Waals surface area contributed by atoms with Gasteiger partial charge in [0, 0.05) is 33.9 Å². The third kappa shape index (κ3) is 5.77. The quantitative estimate of drug-likeness (QED) is 0.696. The van der Waals surface area contributed by atoms with Crippen LogP contribution in [0.4, 0.5) is 4.79 Å². The zero-order valence-corrected chi connectivity index (χ0v) is 12.4. The smallest absolute Gasteiger partial charge is 0.317 e. The lowest BCUT2D eigenvalue weighted by atomic mass is 9.82. The first kappa shape index (κ1) is 16.8. The minimum atomic E-state index is -0.689. The number of urea groups is 1. The number of carboxylic acids is 1. The number of carbonyl (C=O) groups excluding carboxylic acids is 1. The van der Waals surface area contributed by atoms with E-state index in [4.69, 9.17) is 9.84 Å². The zero-order valence-electron chi connectivity index (χ0n) is 12.4. The van der Waals surface area contributed by atoms with E-state index < -0.39 is 5.97 Å². The molecule has 0 aliphatic heterocycles. The van der Waals surface area contributed by atoms with Crippen LogP contribution in [-0.4, -0.2) is 55.9 Å². The fourth-order valence-electron chi connectivity index (χ4n) is 2.53. The highest BCUT2D eigenvalue weighted by Crippen LogP contribution is 2.28. The molecule has 2 N–H and O–H groups in total. The van der Waals surface area contributed by atoms with Crippen molar-refractivity contribution in [2.75, 3.05) is 33.9 Å². The van der Waals surface area contributed by atoms with E-state index in [1.54, 1.807) is 19.1 Å². The maximum atomic E-state index is 11.8. The lowest BCUT2D eigenvalue weighted by molar-refractivity contribution is -0.143. The molecule has 6 heteroatoms. The molecule has 0 atom stereocenters. The first-order valence-electron chi connectivity index (χ1n) is 7.25. The third-order valence-corrected chi connectivity index (χ3v) is 3.93. The van der Waals surface area contributed by atoms with E-state index in [0.717, 1.165) is 32.1 Å². The molecule has 1 aliphatic rings. The second kappa shape index (κ2) is 8.79. The topological polar surface area (TPSA) is 78.9 Å². The van der Waals surface area contributed by atoms with Crippen LogP contribution >= 0.6 is 0 Å². The standard InChI is InChI=1S/C14H26N2O4/c1-16(8-3-9-20-2)14(19)15-10-11-4-6-12(7-5-11)13(17)18/h11-12H,3-10H2,1-2H3,(H,15,19)(H,17,18). The summed E-state index contributed by atoms with van der Waals surface area (Å²) in [5, 5.41) is 11.9.